The van der Waals surface area contributed by atoms with Gasteiger partial charge in [-0.05, 0) is 42.8 Å². The van der Waals surface area contributed by atoms with E-state index in [1.807, 2.05) is 0 Å². The van der Waals surface area contributed by atoms with Gasteiger partial charge in [0, 0.05) is 23.7 Å². The summed E-state index contributed by atoms with van der Waals surface area (Å²) < 4.78 is 28.4. The summed E-state index contributed by atoms with van der Waals surface area (Å²) in [6.45, 7) is 0.218. The fourth-order valence-electron chi connectivity index (χ4n) is 3.24. The second kappa shape index (κ2) is 7.58. The molecule has 0 saturated heterocycles. The van der Waals surface area contributed by atoms with Crippen molar-refractivity contribution in [3.8, 4) is 0 Å². The van der Waals surface area contributed by atoms with E-state index in [0.29, 0.717) is 23.1 Å². The molecule has 0 atom stereocenters. The van der Waals surface area contributed by atoms with Crippen molar-refractivity contribution in [2.24, 2.45) is 0 Å². The quantitative estimate of drug-likeness (QED) is 0.640. The minimum absolute atomic E-state index is 0.0259. The van der Waals surface area contributed by atoms with Crippen molar-refractivity contribution in [1.29, 1.82) is 0 Å². The van der Waals surface area contributed by atoms with Crippen molar-refractivity contribution in [1.82, 2.24) is 14.3 Å². The Labute approximate surface area is 171 Å². The van der Waals surface area contributed by atoms with Gasteiger partial charge < -0.3 is 5.32 Å². The number of hydrogen-bond donors (Lipinski definition) is 2. The van der Waals surface area contributed by atoms with Gasteiger partial charge >= 0.3 is 0 Å². The summed E-state index contributed by atoms with van der Waals surface area (Å²) in [6.07, 6.45) is 1.63. The van der Waals surface area contributed by atoms with Gasteiger partial charge in [-0.25, -0.2) is 18.1 Å². The highest BCUT2D eigenvalue weighted by atomic mass is 35.5. The van der Waals surface area contributed by atoms with Crippen LogP contribution in [0, 0.1) is 0 Å². The highest BCUT2D eigenvalue weighted by Gasteiger charge is 2.18. The molecule has 0 saturated carbocycles. The maximum atomic E-state index is 12.5. The number of rotatable bonds is 5. The van der Waals surface area contributed by atoms with Crippen LogP contribution in [-0.2, 0) is 27.8 Å². The molecule has 29 heavy (non-hydrogen) atoms. The second-order valence-corrected chi connectivity index (χ2v) is 8.85. The van der Waals surface area contributed by atoms with E-state index in [2.05, 4.69) is 15.0 Å². The first kappa shape index (κ1) is 19.6. The Balaban J connectivity index is 1.48. The maximum Gasteiger partial charge on any atom is 0.261 e. The lowest BCUT2D eigenvalue weighted by Crippen LogP contribution is -2.32. The standard InChI is InChI=1S/C19H17ClN4O4S/c20-12-3-1-4-14(9-12)29(27,28)21-11-18(25)22-13-6-7-15-16(10-13)23-17-5-2-8-24(17)19(15)26/h1,3-4,6-7,9-10,21H,2,5,8,11H2,(H,22,25). The van der Waals surface area contributed by atoms with Crippen molar-refractivity contribution in [3.05, 3.63) is 63.7 Å². The number of carbonyl (C=O) groups is 1. The number of nitrogens with zero attached hydrogens (tertiary/aromatic N) is 2. The maximum absolute atomic E-state index is 12.5. The van der Waals surface area contributed by atoms with Crippen molar-refractivity contribution >= 4 is 44.1 Å². The lowest BCUT2D eigenvalue weighted by atomic mass is 10.2. The van der Waals surface area contributed by atoms with Gasteiger partial charge in [-0.1, -0.05) is 17.7 Å². The Hall–Kier alpha value is -2.75. The summed E-state index contributed by atoms with van der Waals surface area (Å²) in [5.41, 5.74) is 0.842. The Bertz CT molecular complexity index is 1290. The molecule has 1 amide bonds. The average molecular weight is 433 g/mol. The highest BCUT2D eigenvalue weighted by Crippen LogP contribution is 2.19. The summed E-state index contributed by atoms with van der Waals surface area (Å²) >= 11 is 5.81. The van der Waals surface area contributed by atoms with Crippen LogP contribution in [0.15, 0.2) is 52.2 Å². The van der Waals surface area contributed by atoms with Crippen molar-refractivity contribution in [2.75, 3.05) is 11.9 Å². The third kappa shape index (κ3) is 4.02. The molecule has 3 aromatic rings. The van der Waals surface area contributed by atoms with Crippen LogP contribution in [0.25, 0.3) is 10.9 Å². The number of anilines is 1. The van der Waals surface area contributed by atoms with E-state index < -0.39 is 22.5 Å². The average Bonchev–Trinajstić information content (AvgIpc) is 3.15. The third-order valence-electron chi connectivity index (χ3n) is 4.63. The Morgan fingerprint density at radius 1 is 1.21 bits per heavy atom. The molecule has 10 heteroatoms. The predicted molar refractivity (Wildman–Crippen MR) is 110 cm³/mol. The molecular formula is C19H17ClN4O4S. The zero-order valence-electron chi connectivity index (χ0n) is 15.2. The number of carbonyl (C=O) groups excluding carboxylic acids is 1. The number of sulfonamides is 1. The largest absolute Gasteiger partial charge is 0.325 e. The Morgan fingerprint density at radius 2 is 2.03 bits per heavy atom. The summed E-state index contributed by atoms with van der Waals surface area (Å²) in [6, 6.07) is 10.6. The fraction of sp³-hybridized carbons (Fsp3) is 0.211. The zero-order chi connectivity index (χ0) is 20.6. The number of aromatic nitrogens is 2. The normalized spacial score (nSPS) is 13.4. The molecule has 4 rings (SSSR count). The van der Waals surface area contributed by atoms with E-state index in [1.54, 1.807) is 28.8 Å². The van der Waals surface area contributed by atoms with Crippen LogP contribution in [0.4, 0.5) is 5.69 Å². The molecule has 0 spiro atoms. The number of fused-ring (bicyclic) bond motifs is 2. The van der Waals surface area contributed by atoms with Crippen LogP contribution in [0.3, 0.4) is 0 Å². The molecule has 150 valence electrons. The Morgan fingerprint density at radius 3 is 2.83 bits per heavy atom. The summed E-state index contributed by atoms with van der Waals surface area (Å²) in [4.78, 5) is 29.2. The van der Waals surface area contributed by atoms with E-state index in [-0.39, 0.29) is 15.5 Å². The molecule has 8 nitrogen and oxygen atoms in total. The molecule has 1 aromatic heterocycles. The van der Waals surface area contributed by atoms with Crippen LogP contribution < -0.4 is 15.6 Å². The van der Waals surface area contributed by atoms with E-state index in [4.69, 9.17) is 11.6 Å². The van der Waals surface area contributed by atoms with E-state index >= 15 is 0 Å². The first-order valence-electron chi connectivity index (χ1n) is 8.92. The van der Waals surface area contributed by atoms with E-state index in [9.17, 15) is 18.0 Å². The summed E-state index contributed by atoms with van der Waals surface area (Å²) in [7, 11) is -3.87. The van der Waals surface area contributed by atoms with Gasteiger partial charge in [-0.3, -0.25) is 14.2 Å². The molecule has 0 radical (unpaired) electrons. The van der Waals surface area contributed by atoms with Crippen LogP contribution in [0.5, 0.6) is 0 Å². The molecule has 0 unspecified atom stereocenters. The molecule has 0 fully saturated rings. The predicted octanol–water partition coefficient (Wildman–Crippen LogP) is 1.91. The van der Waals surface area contributed by atoms with Gasteiger partial charge in [-0.15, -0.1) is 0 Å². The fourth-order valence-corrected chi connectivity index (χ4v) is 4.53. The SMILES string of the molecule is O=C(CNS(=O)(=O)c1cccc(Cl)c1)Nc1ccc2c(=O)n3c(nc2c1)CCC3. The monoisotopic (exact) mass is 432 g/mol. The number of aryl methyl sites for hydroxylation is 1. The minimum atomic E-state index is -3.87. The van der Waals surface area contributed by atoms with Crippen LogP contribution in [0.2, 0.25) is 5.02 Å². The molecule has 1 aliphatic rings. The smallest absolute Gasteiger partial charge is 0.261 e. The number of hydrogen-bond acceptors (Lipinski definition) is 5. The molecule has 0 aliphatic carbocycles. The van der Waals surface area contributed by atoms with E-state index in [1.165, 1.54) is 18.2 Å². The van der Waals surface area contributed by atoms with Crippen molar-refractivity contribution < 1.29 is 13.2 Å². The molecule has 0 bridgehead atoms. The molecule has 2 heterocycles. The van der Waals surface area contributed by atoms with Crippen LogP contribution in [0.1, 0.15) is 12.2 Å². The molecule has 1 aliphatic heterocycles. The third-order valence-corrected chi connectivity index (χ3v) is 6.26. The van der Waals surface area contributed by atoms with Gasteiger partial charge in [0.25, 0.3) is 5.56 Å². The lowest BCUT2D eigenvalue weighted by molar-refractivity contribution is -0.115. The van der Waals surface area contributed by atoms with Crippen LogP contribution >= 0.6 is 11.6 Å². The number of halogens is 1. The summed E-state index contributed by atoms with van der Waals surface area (Å²) in [5, 5.41) is 3.38. The highest BCUT2D eigenvalue weighted by molar-refractivity contribution is 7.89. The Kier molecular flexibility index (Phi) is 5.12. The summed E-state index contributed by atoms with van der Waals surface area (Å²) in [5.74, 6) is 0.188. The number of amides is 1. The first-order chi connectivity index (χ1) is 13.8. The van der Waals surface area contributed by atoms with Gasteiger partial charge in [0.2, 0.25) is 15.9 Å². The van der Waals surface area contributed by atoms with E-state index in [0.717, 1.165) is 18.7 Å². The lowest BCUT2D eigenvalue weighted by Gasteiger charge is -2.09. The number of benzene rings is 2. The van der Waals surface area contributed by atoms with Gasteiger partial charge in [-0.2, -0.15) is 0 Å². The van der Waals surface area contributed by atoms with Gasteiger partial charge in [0.1, 0.15) is 5.82 Å². The zero-order valence-corrected chi connectivity index (χ0v) is 16.8. The van der Waals surface area contributed by atoms with Crippen LogP contribution in [-0.4, -0.2) is 30.4 Å². The second-order valence-electron chi connectivity index (χ2n) is 6.65. The molecule has 2 aromatic carbocycles. The van der Waals surface area contributed by atoms with Gasteiger partial charge in [0.15, 0.2) is 0 Å². The first-order valence-corrected chi connectivity index (χ1v) is 10.8. The molecular weight excluding hydrogens is 416 g/mol. The molecule has 2 N–H and O–H groups in total. The van der Waals surface area contributed by atoms with Crippen molar-refractivity contribution in [3.63, 3.8) is 0 Å². The number of nitrogens with one attached hydrogen (secondary N) is 2. The topological polar surface area (TPSA) is 110 Å². The minimum Gasteiger partial charge on any atom is -0.325 e. The van der Waals surface area contributed by atoms with Crippen molar-refractivity contribution in [2.45, 2.75) is 24.3 Å². The van der Waals surface area contributed by atoms with Gasteiger partial charge in [0.05, 0.1) is 22.3 Å².